The first kappa shape index (κ1) is 16.3. The number of amides is 1. The van der Waals surface area contributed by atoms with Crippen molar-refractivity contribution in [3.05, 3.63) is 36.2 Å². The number of nitrogens with zero attached hydrogens (tertiary/aromatic N) is 4. The number of hydrogen-bond acceptors (Lipinski definition) is 5. The van der Waals surface area contributed by atoms with Gasteiger partial charge in [0.05, 0.1) is 6.54 Å². The van der Waals surface area contributed by atoms with E-state index in [2.05, 4.69) is 15.0 Å². The van der Waals surface area contributed by atoms with Gasteiger partial charge < -0.3 is 9.42 Å². The van der Waals surface area contributed by atoms with Gasteiger partial charge in [0.2, 0.25) is 5.91 Å². The van der Waals surface area contributed by atoms with Crippen molar-refractivity contribution in [2.45, 2.75) is 32.2 Å². The molecule has 0 unspecified atom stereocenters. The summed E-state index contributed by atoms with van der Waals surface area (Å²) in [6.45, 7) is 4.01. The molecule has 132 valence electrons. The van der Waals surface area contributed by atoms with Crippen LogP contribution < -0.4 is 0 Å². The summed E-state index contributed by atoms with van der Waals surface area (Å²) in [5.41, 5.74) is 0.938. The highest BCUT2D eigenvalue weighted by Gasteiger charge is 2.29. The maximum atomic E-state index is 12.5. The maximum absolute atomic E-state index is 12.5. The summed E-state index contributed by atoms with van der Waals surface area (Å²) < 4.78 is 5.37. The van der Waals surface area contributed by atoms with Crippen molar-refractivity contribution in [1.82, 2.24) is 19.9 Å². The van der Waals surface area contributed by atoms with Gasteiger partial charge in [0.25, 0.3) is 5.89 Å². The fraction of sp³-hybridized carbons (Fsp3) is 0.526. The topological polar surface area (TPSA) is 62.5 Å². The first-order valence-corrected chi connectivity index (χ1v) is 9.19. The van der Waals surface area contributed by atoms with E-state index in [0.29, 0.717) is 24.2 Å². The Labute approximate surface area is 147 Å². The monoisotopic (exact) mass is 340 g/mol. The van der Waals surface area contributed by atoms with Crippen LogP contribution in [0.1, 0.15) is 31.5 Å². The second-order valence-corrected chi connectivity index (χ2v) is 6.96. The predicted octanol–water partition coefficient (Wildman–Crippen LogP) is 2.57. The highest BCUT2D eigenvalue weighted by molar-refractivity contribution is 5.79. The molecule has 4 rings (SSSR count). The number of carbonyl (C=O) groups is 1. The molecule has 1 saturated carbocycles. The Bertz CT molecular complexity index is 701. The Kier molecular flexibility index (Phi) is 4.78. The van der Waals surface area contributed by atoms with Crippen molar-refractivity contribution in [3.8, 4) is 11.5 Å². The lowest BCUT2D eigenvalue weighted by molar-refractivity contribution is -0.137. The maximum Gasteiger partial charge on any atom is 0.257 e. The molecule has 2 fully saturated rings. The van der Waals surface area contributed by atoms with E-state index in [1.165, 1.54) is 12.8 Å². The fourth-order valence-electron chi connectivity index (χ4n) is 3.77. The van der Waals surface area contributed by atoms with E-state index >= 15 is 0 Å². The van der Waals surface area contributed by atoms with E-state index in [0.717, 1.165) is 44.6 Å². The molecule has 6 heteroatoms. The fourth-order valence-corrected chi connectivity index (χ4v) is 3.77. The summed E-state index contributed by atoms with van der Waals surface area (Å²) in [5.74, 6) is 1.90. The highest BCUT2D eigenvalue weighted by Crippen LogP contribution is 2.27. The molecule has 1 aliphatic carbocycles. The van der Waals surface area contributed by atoms with Crippen LogP contribution in [0.2, 0.25) is 0 Å². The van der Waals surface area contributed by atoms with Crippen molar-refractivity contribution < 1.29 is 9.32 Å². The summed E-state index contributed by atoms with van der Waals surface area (Å²) >= 11 is 0. The van der Waals surface area contributed by atoms with Crippen LogP contribution in [0.4, 0.5) is 0 Å². The molecule has 25 heavy (non-hydrogen) atoms. The molecule has 1 aromatic carbocycles. The number of aromatic nitrogens is 2. The summed E-state index contributed by atoms with van der Waals surface area (Å²) in [6.07, 6.45) is 4.56. The van der Waals surface area contributed by atoms with E-state index in [1.807, 2.05) is 35.2 Å². The van der Waals surface area contributed by atoms with Crippen molar-refractivity contribution in [3.63, 3.8) is 0 Å². The molecule has 0 bridgehead atoms. The van der Waals surface area contributed by atoms with Crippen LogP contribution in [0.25, 0.3) is 11.5 Å². The van der Waals surface area contributed by atoms with Crippen LogP contribution in [0, 0.1) is 5.92 Å². The summed E-state index contributed by atoms with van der Waals surface area (Å²) in [7, 11) is 0. The Morgan fingerprint density at radius 2 is 1.80 bits per heavy atom. The molecule has 0 spiro atoms. The highest BCUT2D eigenvalue weighted by atomic mass is 16.5. The molecule has 2 aliphatic rings. The van der Waals surface area contributed by atoms with E-state index in [1.54, 1.807) is 0 Å². The van der Waals surface area contributed by atoms with Crippen molar-refractivity contribution in [1.29, 1.82) is 0 Å². The van der Waals surface area contributed by atoms with Gasteiger partial charge in [0.1, 0.15) is 0 Å². The molecular weight excluding hydrogens is 316 g/mol. The third-order valence-corrected chi connectivity index (χ3v) is 5.24. The van der Waals surface area contributed by atoms with E-state index in [9.17, 15) is 4.79 Å². The Morgan fingerprint density at radius 3 is 2.52 bits per heavy atom. The number of benzene rings is 1. The number of rotatable bonds is 4. The van der Waals surface area contributed by atoms with E-state index in [-0.39, 0.29) is 5.92 Å². The zero-order chi connectivity index (χ0) is 17.1. The van der Waals surface area contributed by atoms with Crippen molar-refractivity contribution in [2.75, 3.05) is 26.2 Å². The van der Waals surface area contributed by atoms with Crippen LogP contribution in [0.15, 0.2) is 34.9 Å². The minimum Gasteiger partial charge on any atom is -0.340 e. The second-order valence-electron chi connectivity index (χ2n) is 6.96. The van der Waals surface area contributed by atoms with Gasteiger partial charge in [-0.15, -0.1) is 0 Å². The quantitative estimate of drug-likeness (QED) is 0.856. The molecule has 2 aromatic rings. The number of hydrogen-bond donors (Lipinski definition) is 0. The van der Waals surface area contributed by atoms with E-state index < -0.39 is 0 Å². The molecule has 0 N–H and O–H groups in total. The lowest BCUT2D eigenvalue weighted by Gasteiger charge is -2.35. The third-order valence-electron chi connectivity index (χ3n) is 5.24. The molecule has 0 atom stereocenters. The van der Waals surface area contributed by atoms with Gasteiger partial charge in [-0.25, -0.2) is 0 Å². The van der Waals surface area contributed by atoms with Crippen molar-refractivity contribution in [2.24, 2.45) is 5.92 Å². The average molecular weight is 340 g/mol. The molecule has 6 nitrogen and oxygen atoms in total. The van der Waals surface area contributed by atoms with Gasteiger partial charge in [-0.3, -0.25) is 9.69 Å². The van der Waals surface area contributed by atoms with Crippen molar-refractivity contribution >= 4 is 5.91 Å². The van der Waals surface area contributed by atoms with Crippen LogP contribution >= 0.6 is 0 Å². The van der Waals surface area contributed by atoms with Gasteiger partial charge >= 0.3 is 0 Å². The smallest absolute Gasteiger partial charge is 0.257 e. The zero-order valence-electron chi connectivity index (χ0n) is 14.4. The average Bonchev–Trinajstić information content (AvgIpc) is 3.35. The molecule has 1 aromatic heterocycles. The minimum atomic E-state index is 0.275. The molecule has 0 radical (unpaired) electrons. The third kappa shape index (κ3) is 3.74. The van der Waals surface area contributed by atoms with Crippen LogP contribution in [-0.2, 0) is 11.3 Å². The predicted molar refractivity (Wildman–Crippen MR) is 93.5 cm³/mol. The molecule has 2 heterocycles. The first-order valence-electron chi connectivity index (χ1n) is 9.19. The minimum absolute atomic E-state index is 0.275. The Balaban J connectivity index is 1.30. The molecular formula is C19H24N4O2. The van der Waals surface area contributed by atoms with Gasteiger partial charge in [0.15, 0.2) is 5.82 Å². The molecule has 1 aliphatic heterocycles. The number of carbonyl (C=O) groups excluding carboxylic acids is 1. The summed E-state index contributed by atoms with van der Waals surface area (Å²) in [5, 5.41) is 4.10. The Morgan fingerprint density at radius 1 is 1.08 bits per heavy atom. The Hall–Kier alpha value is -2.21. The van der Waals surface area contributed by atoms with Gasteiger partial charge in [-0.1, -0.05) is 36.2 Å². The normalized spacial score (nSPS) is 19.4. The SMILES string of the molecule is O=C(C1CCCC1)N1CCN(Cc2noc(-c3ccccc3)n2)CC1. The lowest BCUT2D eigenvalue weighted by Crippen LogP contribution is -2.49. The number of piperazine rings is 1. The summed E-state index contributed by atoms with van der Waals surface area (Å²) in [4.78, 5) is 21.3. The van der Waals surface area contributed by atoms with E-state index in [4.69, 9.17) is 4.52 Å². The molecule has 1 amide bonds. The second kappa shape index (κ2) is 7.35. The molecule has 1 saturated heterocycles. The van der Waals surface area contributed by atoms with Crippen LogP contribution in [-0.4, -0.2) is 52.0 Å². The van der Waals surface area contributed by atoms with Crippen LogP contribution in [0.5, 0.6) is 0 Å². The first-order chi connectivity index (χ1) is 12.3. The van der Waals surface area contributed by atoms with Crippen LogP contribution in [0.3, 0.4) is 0 Å². The standard InChI is InChI=1S/C19H24N4O2/c24-19(16-8-4-5-9-16)23-12-10-22(11-13-23)14-17-20-18(25-21-17)15-6-2-1-3-7-15/h1-3,6-7,16H,4-5,8-14H2. The zero-order valence-corrected chi connectivity index (χ0v) is 14.4. The lowest BCUT2D eigenvalue weighted by atomic mass is 10.1. The van der Waals surface area contributed by atoms with Gasteiger partial charge in [0, 0.05) is 37.7 Å². The largest absolute Gasteiger partial charge is 0.340 e. The van der Waals surface area contributed by atoms with Gasteiger partial charge in [-0.2, -0.15) is 4.98 Å². The summed E-state index contributed by atoms with van der Waals surface area (Å²) in [6, 6.07) is 9.81. The van der Waals surface area contributed by atoms with Gasteiger partial charge in [-0.05, 0) is 25.0 Å².